The Morgan fingerprint density at radius 1 is 0.900 bits per heavy atom. The van der Waals surface area contributed by atoms with E-state index in [0.29, 0.717) is 28.6 Å². The van der Waals surface area contributed by atoms with Crippen LogP contribution in [0.4, 0.5) is 11.5 Å². The molecule has 3 aromatic heterocycles. The average Bonchev–Trinajstić information content (AvgIpc) is 2.94. The summed E-state index contributed by atoms with van der Waals surface area (Å²) < 4.78 is 5.66. The third-order valence-corrected chi connectivity index (χ3v) is 7.94. The fourth-order valence-corrected chi connectivity index (χ4v) is 5.42. The fourth-order valence-electron chi connectivity index (χ4n) is 5.10. The first-order valence-corrected chi connectivity index (χ1v) is 13.9. The van der Waals surface area contributed by atoms with Crippen LogP contribution in [0.15, 0.2) is 66.9 Å². The van der Waals surface area contributed by atoms with E-state index in [4.69, 9.17) is 21.3 Å². The number of pyridine rings is 2. The molecule has 0 bridgehead atoms. The van der Waals surface area contributed by atoms with Gasteiger partial charge in [0.2, 0.25) is 5.88 Å². The van der Waals surface area contributed by atoms with Crippen LogP contribution < -0.4 is 15.4 Å². The van der Waals surface area contributed by atoms with Crippen molar-refractivity contribution in [3.63, 3.8) is 0 Å². The largest absolute Gasteiger partial charge is 0.481 e. The number of methoxy groups -OCH3 is 1. The number of nitrogens with one attached hydrogen (secondary N) is 2. The van der Waals surface area contributed by atoms with E-state index in [-0.39, 0.29) is 0 Å². The fraction of sp³-hybridized carbons (Fsp3) is 0.250. The molecule has 1 fully saturated rings. The lowest BCUT2D eigenvalue weighted by Crippen LogP contribution is -2.34. The molecule has 0 spiro atoms. The molecular formula is C32H31ClN6O. The van der Waals surface area contributed by atoms with Crippen LogP contribution in [-0.2, 0) is 6.54 Å². The van der Waals surface area contributed by atoms with E-state index in [2.05, 4.69) is 44.6 Å². The molecule has 5 aromatic rings. The molecule has 2 aromatic carbocycles. The van der Waals surface area contributed by atoms with Gasteiger partial charge in [0.05, 0.1) is 23.3 Å². The molecule has 0 radical (unpaired) electrons. The molecule has 202 valence electrons. The van der Waals surface area contributed by atoms with Gasteiger partial charge in [-0.25, -0.2) is 15.0 Å². The second kappa shape index (κ2) is 11.2. The van der Waals surface area contributed by atoms with Crippen LogP contribution in [0.1, 0.15) is 36.2 Å². The van der Waals surface area contributed by atoms with Gasteiger partial charge in [0, 0.05) is 41.2 Å². The number of hydrogen-bond donors (Lipinski definition) is 2. The quantitative estimate of drug-likeness (QED) is 0.208. The lowest BCUT2D eigenvalue weighted by atomic mass is 9.93. The smallest absolute Gasteiger partial charge is 0.218 e. The van der Waals surface area contributed by atoms with Crippen molar-refractivity contribution in [3.05, 3.63) is 88.8 Å². The zero-order chi connectivity index (χ0) is 27.6. The molecule has 7 nitrogen and oxygen atoms in total. The number of aromatic nitrogens is 4. The second-order valence-electron chi connectivity index (χ2n) is 10.1. The van der Waals surface area contributed by atoms with Crippen molar-refractivity contribution < 1.29 is 4.74 Å². The van der Waals surface area contributed by atoms with Crippen LogP contribution >= 0.6 is 11.6 Å². The summed E-state index contributed by atoms with van der Waals surface area (Å²) in [6, 6.07) is 20.7. The molecule has 1 aliphatic carbocycles. The summed E-state index contributed by atoms with van der Waals surface area (Å²) in [4.78, 5) is 18.5. The molecule has 1 saturated carbocycles. The highest BCUT2D eigenvalue weighted by molar-refractivity contribution is 6.36. The molecule has 2 N–H and O–H groups in total. The Morgan fingerprint density at radius 2 is 1.70 bits per heavy atom. The van der Waals surface area contributed by atoms with Crippen LogP contribution in [0, 0.1) is 13.8 Å². The summed E-state index contributed by atoms with van der Waals surface area (Å²) in [7, 11) is 1.66. The van der Waals surface area contributed by atoms with Gasteiger partial charge in [0.15, 0.2) is 5.82 Å². The van der Waals surface area contributed by atoms with Crippen molar-refractivity contribution in [2.24, 2.45) is 0 Å². The maximum Gasteiger partial charge on any atom is 0.218 e. The first-order chi connectivity index (χ1) is 19.5. The number of ether oxygens (including phenoxy) is 1. The molecular weight excluding hydrogens is 520 g/mol. The Balaban J connectivity index is 1.33. The van der Waals surface area contributed by atoms with Gasteiger partial charge in [-0.3, -0.25) is 4.98 Å². The van der Waals surface area contributed by atoms with Gasteiger partial charge in [-0.2, -0.15) is 0 Å². The first-order valence-electron chi connectivity index (χ1n) is 13.5. The predicted octanol–water partition coefficient (Wildman–Crippen LogP) is 7.42. The molecule has 1 aliphatic rings. The van der Waals surface area contributed by atoms with Crippen molar-refractivity contribution in [2.45, 2.75) is 45.7 Å². The van der Waals surface area contributed by atoms with Crippen LogP contribution in [0.2, 0.25) is 5.02 Å². The summed E-state index contributed by atoms with van der Waals surface area (Å²) in [5.74, 6) is 1.97. The molecule has 40 heavy (non-hydrogen) atoms. The topological polar surface area (TPSA) is 84.8 Å². The number of anilines is 2. The van der Waals surface area contributed by atoms with Crippen LogP contribution in [0.5, 0.6) is 5.88 Å². The highest BCUT2D eigenvalue weighted by Gasteiger charge is 2.19. The van der Waals surface area contributed by atoms with Gasteiger partial charge < -0.3 is 15.4 Å². The molecule has 0 unspecified atom stereocenters. The minimum Gasteiger partial charge on any atom is -0.481 e. The number of hydrogen-bond acceptors (Lipinski definition) is 7. The van der Waals surface area contributed by atoms with E-state index in [1.54, 1.807) is 13.3 Å². The standard InChI is InChI=1S/C32H31ClN6O/c1-19-23(10-6-13-26(19)38-31-30-28(14-7-17-34-30)36-20(2)37-31)24-11-5-12-25(29(24)33)27-16-15-21(32(39-27)40-3)18-35-22-8-4-9-22/h5-7,10-17,22,35H,4,8-9,18H2,1-3H3,(H,36,37,38). The second-order valence-corrected chi connectivity index (χ2v) is 10.5. The molecule has 0 atom stereocenters. The number of halogens is 1. The SMILES string of the molecule is COc1nc(-c2cccc(-c3cccc(Nc4nc(C)nc5cccnc45)c3C)c2Cl)ccc1CNC1CCC1. The number of benzene rings is 2. The van der Waals surface area contributed by atoms with E-state index < -0.39 is 0 Å². The molecule has 0 amide bonds. The van der Waals surface area contributed by atoms with E-state index in [9.17, 15) is 0 Å². The average molecular weight is 551 g/mol. The molecule has 8 heteroatoms. The minimum atomic E-state index is 0.595. The number of fused-ring (bicyclic) bond motifs is 1. The zero-order valence-electron chi connectivity index (χ0n) is 22.8. The Morgan fingerprint density at radius 3 is 2.50 bits per heavy atom. The summed E-state index contributed by atoms with van der Waals surface area (Å²) in [5.41, 5.74) is 8.12. The maximum atomic E-state index is 7.08. The lowest BCUT2D eigenvalue weighted by Gasteiger charge is -2.26. The lowest BCUT2D eigenvalue weighted by molar-refractivity contribution is 0.332. The van der Waals surface area contributed by atoms with Crippen LogP contribution in [-0.4, -0.2) is 33.1 Å². The number of rotatable bonds is 8. The number of nitrogens with zero attached hydrogens (tertiary/aromatic N) is 4. The van der Waals surface area contributed by atoms with Crippen molar-refractivity contribution in [1.29, 1.82) is 0 Å². The van der Waals surface area contributed by atoms with Gasteiger partial charge in [0.25, 0.3) is 0 Å². The van der Waals surface area contributed by atoms with Gasteiger partial charge in [-0.15, -0.1) is 0 Å². The van der Waals surface area contributed by atoms with Gasteiger partial charge in [0.1, 0.15) is 11.3 Å². The Bertz CT molecular complexity index is 1700. The van der Waals surface area contributed by atoms with E-state index >= 15 is 0 Å². The van der Waals surface area contributed by atoms with Gasteiger partial charge in [-0.05, 0) is 62.1 Å². The van der Waals surface area contributed by atoms with Crippen LogP contribution in [0.25, 0.3) is 33.4 Å². The summed E-state index contributed by atoms with van der Waals surface area (Å²) >= 11 is 7.08. The third-order valence-electron chi connectivity index (χ3n) is 7.54. The Hall–Kier alpha value is -4.07. The van der Waals surface area contributed by atoms with Crippen LogP contribution in [0.3, 0.4) is 0 Å². The molecule has 0 saturated heterocycles. The Kier molecular flexibility index (Phi) is 7.32. The zero-order valence-corrected chi connectivity index (χ0v) is 23.6. The summed E-state index contributed by atoms with van der Waals surface area (Å²) in [5, 5.41) is 7.72. The summed E-state index contributed by atoms with van der Waals surface area (Å²) in [6.45, 7) is 4.70. The van der Waals surface area contributed by atoms with Crippen molar-refractivity contribution >= 4 is 34.1 Å². The van der Waals surface area contributed by atoms with Gasteiger partial charge >= 0.3 is 0 Å². The van der Waals surface area contributed by atoms with E-state index in [1.807, 2.05) is 55.5 Å². The minimum absolute atomic E-state index is 0.595. The Labute approximate surface area is 239 Å². The van der Waals surface area contributed by atoms with Crippen molar-refractivity contribution in [1.82, 2.24) is 25.3 Å². The molecule has 6 rings (SSSR count). The van der Waals surface area contributed by atoms with Crippen molar-refractivity contribution in [3.8, 4) is 28.3 Å². The number of aryl methyl sites for hydroxylation is 1. The van der Waals surface area contributed by atoms with Crippen molar-refractivity contribution in [2.75, 3.05) is 12.4 Å². The molecule has 0 aliphatic heterocycles. The maximum absolute atomic E-state index is 7.08. The van der Waals surface area contributed by atoms with Gasteiger partial charge in [-0.1, -0.05) is 54.4 Å². The summed E-state index contributed by atoms with van der Waals surface area (Å²) in [6.07, 6.45) is 5.52. The van der Waals surface area contributed by atoms with E-state index in [0.717, 1.165) is 56.8 Å². The predicted molar refractivity (Wildman–Crippen MR) is 161 cm³/mol. The van der Waals surface area contributed by atoms with E-state index in [1.165, 1.54) is 19.3 Å². The first kappa shape index (κ1) is 26.2. The highest BCUT2D eigenvalue weighted by atomic mass is 35.5. The normalized spacial score (nSPS) is 13.3. The highest BCUT2D eigenvalue weighted by Crippen LogP contribution is 2.40. The monoisotopic (exact) mass is 550 g/mol. The third kappa shape index (κ3) is 5.10. The molecule has 3 heterocycles.